The maximum absolute atomic E-state index is 3.84. The molecule has 1 heterocycles. The van der Waals surface area contributed by atoms with Crippen LogP contribution < -0.4 is 5.32 Å². The van der Waals surface area contributed by atoms with Gasteiger partial charge in [0.2, 0.25) is 0 Å². The van der Waals surface area contributed by atoms with Gasteiger partial charge in [-0.3, -0.25) is 0 Å². The highest BCUT2D eigenvalue weighted by molar-refractivity contribution is 4.82. The van der Waals surface area contributed by atoms with E-state index in [1.807, 2.05) is 0 Å². The van der Waals surface area contributed by atoms with Crippen LogP contribution in [0.2, 0.25) is 0 Å². The molecule has 1 saturated heterocycles. The zero-order valence-electron chi connectivity index (χ0n) is 12.8. The molecular weight excluding hydrogens is 218 g/mol. The van der Waals surface area contributed by atoms with Gasteiger partial charge in [-0.1, -0.05) is 46.1 Å². The minimum atomic E-state index is 0.786. The number of piperidine rings is 1. The fraction of sp³-hybridized carbons (Fsp3) is 0.882. The molecule has 1 heteroatoms. The molecule has 3 unspecified atom stereocenters. The second-order valence-corrected chi connectivity index (χ2v) is 6.52. The van der Waals surface area contributed by atoms with Gasteiger partial charge in [0.15, 0.2) is 0 Å². The standard InChI is InChI=1S/C17H33N/c1-5-9-15(4)10-8-11-16(14(2)3)17-12-6-7-13-18-17/h5,14-18H,1,6-13H2,2-4H3. The minimum Gasteiger partial charge on any atom is -0.314 e. The van der Waals surface area contributed by atoms with Crippen molar-refractivity contribution in [3.05, 3.63) is 12.7 Å². The lowest BCUT2D eigenvalue weighted by Gasteiger charge is -2.34. The average Bonchev–Trinajstić information content (AvgIpc) is 2.35. The highest BCUT2D eigenvalue weighted by Gasteiger charge is 2.25. The maximum atomic E-state index is 3.84. The second-order valence-electron chi connectivity index (χ2n) is 6.52. The summed E-state index contributed by atoms with van der Waals surface area (Å²) < 4.78 is 0. The first-order valence-corrected chi connectivity index (χ1v) is 7.99. The summed E-state index contributed by atoms with van der Waals surface area (Å²) >= 11 is 0. The van der Waals surface area contributed by atoms with Crippen LogP contribution in [0.25, 0.3) is 0 Å². The van der Waals surface area contributed by atoms with Crippen LogP contribution in [0.15, 0.2) is 12.7 Å². The van der Waals surface area contributed by atoms with Gasteiger partial charge in [0.05, 0.1) is 0 Å². The Morgan fingerprint density at radius 2 is 2.00 bits per heavy atom. The van der Waals surface area contributed by atoms with E-state index in [2.05, 4.69) is 38.7 Å². The Kier molecular flexibility index (Phi) is 7.65. The molecule has 1 fully saturated rings. The lowest BCUT2D eigenvalue weighted by atomic mass is 9.80. The molecule has 0 aromatic heterocycles. The van der Waals surface area contributed by atoms with Crippen molar-refractivity contribution < 1.29 is 0 Å². The van der Waals surface area contributed by atoms with Crippen LogP contribution in [-0.4, -0.2) is 12.6 Å². The average molecular weight is 251 g/mol. The molecule has 0 aromatic carbocycles. The Morgan fingerprint density at radius 1 is 1.22 bits per heavy atom. The van der Waals surface area contributed by atoms with E-state index < -0.39 is 0 Å². The van der Waals surface area contributed by atoms with Crippen LogP contribution in [0.5, 0.6) is 0 Å². The summed E-state index contributed by atoms with van der Waals surface area (Å²) in [5.41, 5.74) is 0. The van der Waals surface area contributed by atoms with Crippen LogP contribution in [0.1, 0.15) is 65.7 Å². The minimum absolute atomic E-state index is 0.786. The fourth-order valence-electron chi connectivity index (χ4n) is 3.35. The number of hydrogen-bond donors (Lipinski definition) is 1. The summed E-state index contributed by atoms with van der Waals surface area (Å²) in [6, 6.07) is 0.786. The molecule has 0 radical (unpaired) electrons. The molecule has 1 nitrogen and oxygen atoms in total. The third-order valence-corrected chi connectivity index (χ3v) is 4.52. The van der Waals surface area contributed by atoms with Gasteiger partial charge < -0.3 is 5.32 Å². The highest BCUT2D eigenvalue weighted by Crippen LogP contribution is 2.28. The molecule has 0 amide bonds. The third-order valence-electron chi connectivity index (χ3n) is 4.52. The van der Waals surface area contributed by atoms with E-state index in [9.17, 15) is 0 Å². The summed E-state index contributed by atoms with van der Waals surface area (Å²) in [6.45, 7) is 12.2. The van der Waals surface area contributed by atoms with Gasteiger partial charge in [0.1, 0.15) is 0 Å². The van der Waals surface area contributed by atoms with Gasteiger partial charge in [0, 0.05) is 6.04 Å². The van der Waals surface area contributed by atoms with E-state index in [0.29, 0.717) is 0 Å². The number of hydrogen-bond acceptors (Lipinski definition) is 1. The first-order chi connectivity index (χ1) is 8.65. The second kappa shape index (κ2) is 8.74. The quantitative estimate of drug-likeness (QED) is 0.612. The molecule has 1 rings (SSSR count). The largest absolute Gasteiger partial charge is 0.314 e. The van der Waals surface area contributed by atoms with Gasteiger partial charge in [-0.2, -0.15) is 0 Å². The molecular formula is C17H33N. The van der Waals surface area contributed by atoms with Gasteiger partial charge in [0.25, 0.3) is 0 Å². The summed E-state index contributed by atoms with van der Waals surface area (Å²) in [4.78, 5) is 0. The molecule has 18 heavy (non-hydrogen) atoms. The topological polar surface area (TPSA) is 12.0 Å². The smallest absolute Gasteiger partial charge is 0.00977 e. The predicted octanol–water partition coefficient (Wildman–Crippen LogP) is 4.78. The van der Waals surface area contributed by atoms with E-state index in [-0.39, 0.29) is 0 Å². The van der Waals surface area contributed by atoms with Crippen molar-refractivity contribution in [2.75, 3.05) is 6.54 Å². The monoisotopic (exact) mass is 251 g/mol. The van der Waals surface area contributed by atoms with Crippen molar-refractivity contribution in [1.82, 2.24) is 5.32 Å². The molecule has 1 N–H and O–H groups in total. The van der Waals surface area contributed by atoms with Crippen molar-refractivity contribution >= 4 is 0 Å². The van der Waals surface area contributed by atoms with Crippen molar-refractivity contribution in [1.29, 1.82) is 0 Å². The Labute approximate surface area is 114 Å². The lowest BCUT2D eigenvalue weighted by Crippen LogP contribution is -2.41. The predicted molar refractivity (Wildman–Crippen MR) is 81.8 cm³/mol. The molecule has 106 valence electrons. The van der Waals surface area contributed by atoms with E-state index in [4.69, 9.17) is 0 Å². The molecule has 0 saturated carbocycles. The fourth-order valence-corrected chi connectivity index (χ4v) is 3.35. The Balaban J connectivity index is 2.31. The van der Waals surface area contributed by atoms with Gasteiger partial charge in [-0.25, -0.2) is 0 Å². The van der Waals surface area contributed by atoms with E-state index >= 15 is 0 Å². The van der Waals surface area contributed by atoms with Crippen LogP contribution in [0.4, 0.5) is 0 Å². The molecule has 1 aliphatic heterocycles. The van der Waals surface area contributed by atoms with Crippen LogP contribution in [0.3, 0.4) is 0 Å². The third kappa shape index (κ3) is 5.56. The van der Waals surface area contributed by atoms with Gasteiger partial charge >= 0.3 is 0 Å². The molecule has 0 bridgehead atoms. The van der Waals surface area contributed by atoms with E-state index in [1.54, 1.807) is 0 Å². The summed E-state index contributed by atoms with van der Waals surface area (Å²) in [5, 5.41) is 3.75. The molecule has 0 aromatic rings. The van der Waals surface area contributed by atoms with Crippen LogP contribution in [0, 0.1) is 17.8 Å². The molecule has 0 aliphatic carbocycles. The number of rotatable bonds is 8. The maximum Gasteiger partial charge on any atom is 0.00977 e. The highest BCUT2D eigenvalue weighted by atomic mass is 14.9. The molecule has 1 aliphatic rings. The zero-order valence-corrected chi connectivity index (χ0v) is 12.8. The number of nitrogens with one attached hydrogen (secondary N) is 1. The normalized spacial score (nSPS) is 23.9. The lowest BCUT2D eigenvalue weighted by molar-refractivity contribution is 0.217. The summed E-state index contributed by atoms with van der Waals surface area (Å²) in [6.07, 6.45) is 11.6. The van der Waals surface area contributed by atoms with Crippen LogP contribution in [-0.2, 0) is 0 Å². The van der Waals surface area contributed by atoms with Crippen molar-refractivity contribution in [3.8, 4) is 0 Å². The Morgan fingerprint density at radius 3 is 2.56 bits per heavy atom. The summed E-state index contributed by atoms with van der Waals surface area (Å²) in [5.74, 6) is 2.51. The van der Waals surface area contributed by atoms with Crippen LogP contribution >= 0.6 is 0 Å². The van der Waals surface area contributed by atoms with E-state index in [1.165, 1.54) is 51.5 Å². The van der Waals surface area contributed by atoms with Crippen molar-refractivity contribution in [3.63, 3.8) is 0 Å². The van der Waals surface area contributed by atoms with Gasteiger partial charge in [-0.05, 0) is 50.0 Å². The Bertz CT molecular complexity index is 216. The molecule has 3 atom stereocenters. The van der Waals surface area contributed by atoms with E-state index in [0.717, 1.165) is 23.8 Å². The molecule has 0 spiro atoms. The van der Waals surface area contributed by atoms with Crippen molar-refractivity contribution in [2.24, 2.45) is 17.8 Å². The number of allylic oxidation sites excluding steroid dienone is 1. The Hall–Kier alpha value is -0.300. The SMILES string of the molecule is C=CCC(C)CCCC(C(C)C)C1CCCCN1. The summed E-state index contributed by atoms with van der Waals surface area (Å²) in [7, 11) is 0. The first-order valence-electron chi connectivity index (χ1n) is 7.99. The van der Waals surface area contributed by atoms with Gasteiger partial charge in [-0.15, -0.1) is 6.58 Å². The first kappa shape index (κ1) is 15.8. The zero-order chi connectivity index (χ0) is 13.4. The van der Waals surface area contributed by atoms with Crippen molar-refractivity contribution in [2.45, 2.75) is 71.8 Å².